The van der Waals surface area contributed by atoms with E-state index in [2.05, 4.69) is 10.3 Å². The third-order valence-electron chi connectivity index (χ3n) is 2.20. The summed E-state index contributed by atoms with van der Waals surface area (Å²) in [6.45, 7) is 2.77. The van der Waals surface area contributed by atoms with Gasteiger partial charge in [-0.2, -0.15) is 0 Å². The van der Waals surface area contributed by atoms with Gasteiger partial charge in [0.2, 0.25) is 0 Å². The average molecular weight is 417 g/mol. The molecule has 0 bridgehead atoms. The Morgan fingerprint density at radius 2 is 1.83 bits per heavy atom. The number of ether oxygens (including phenoxy) is 1. The number of nitrogens with two attached hydrogens (primary N) is 1. The van der Waals surface area contributed by atoms with Gasteiger partial charge in [0, 0.05) is 25.8 Å². The van der Waals surface area contributed by atoms with Gasteiger partial charge in [-0.25, -0.2) is 18.6 Å². The van der Waals surface area contributed by atoms with Gasteiger partial charge in [0.15, 0.2) is 0 Å². The van der Waals surface area contributed by atoms with Crippen molar-refractivity contribution in [3.8, 4) is 11.5 Å². The van der Waals surface area contributed by atoms with Crippen LogP contribution in [0.2, 0.25) is 0 Å². The second kappa shape index (κ2) is 15.5. The third-order valence-corrected chi connectivity index (χ3v) is 2.20. The SMILES string of the molecule is COc1cccc(C=NCCNCCN)c1[O-].O.[Cu+2].[O-][Cl+3]([O-])([O-])[O-]. The van der Waals surface area contributed by atoms with Gasteiger partial charge in [-0.05, 0) is 11.6 Å². The van der Waals surface area contributed by atoms with Gasteiger partial charge in [-0.1, -0.05) is 17.9 Å². The molecule has 0 saturated carbocycles. The maximum atomic E-state index is 11.7. The zero-order valence-electron chi connectivity index (χ0n) is 12.8. The number of benzene rings is 1. The Bertz CT molecular complexity index is 455. The predicted octanol–water partition coefficient (Wildman–Crippen LogP) is -5.85. The number of rotatable bonds is 7. The fourth-order valence-corrected chi connectivity index (χ4v) is 1.33. The largest absolute Gasteiger partial charge is 2.00 e. The van der Waals surface area contributed by atoms with Crippen LogP contribution in [-0.2, 0) is 17.1 Å². The number of hydrogen-bond donors (Lipinski definition) is 2. The molecule has 0 amide bonds. The molecule has 0 aromatic heterocycles. The zero-order chi connectivity index (χ0) is 17.0. The molecule has 0 spiro atoms. The summed E-state index contributed by atoms with van der Waals surface area (Å²) in [5.74, 6) is 0.212. The molecule has 0 unspecified atom stereocenters. The predicted molar refractivity (Wildman–Crippen MR) is 70.4 cm³/mol. The Hall–Kier alpha value is -0.981. The first-order chi connectivity index (χ1) is 10.3. The fourth-order valence-electron chi connectivity index (χ4n) is 1.33. The molecule has 1 radical (unpaired) electrons. The van der Waals surface area contributed by atoms with Crippen LogP contribution in [0.5, 0.6) is 11.5 Å². The maximum absolute atomic E-state index is 11.7. The third kappa shape index (κ3) is 15.9. The molecular weight excluding hydrogens is 397 g/mol. The molecule has 12 heteroatoms. The van der Waals surface area contributed by atoms with Crippen LogP contribution in [0.1, 0.15) is 5.56 Å². The number of nitrogens with zero attached hydrogens (tertiary/aromatic N) is 1. The average Bonchev–Trinajstić information content (AvgIpc) is 2.42. The molecule has 0 aliphatic carbocycles. The molecular formula is C12H20ClCuN3O7. The molecule has 0 saturated heterocycles. The van der Waals surface area contributed by atoms with Crippen LogP contribution in [0.15, 0.2) is 23.2 Å². The van der Waals surface area contributed by atoms with Gasteiger partial charge >= 0.3 is 17.1 Å². The molecule has 10 nitrogen and oxygen atoms in total. The van der Waals surface area contributed by atoms with Gasteiger partial charge < -0.3 is 26.4 Å². The van der Waals surface area contributed by atoms with Crippen molar-refractivity contribution in [2.75, 3.05) is 33.3 Å². The first-order valence-corrected chi connectivity index (χ1v) is 7.39. The summed E-state index contributed by atoms with van der Waals surface area (Å²) in [6, 6.07) is 5.14. The number of para-hydroxylation sites is 1. The first kappa shape index (κ1) is 27.8. The van der Waals surface area contributed by atoms with Crippen molar-refractivity contribution in [2.45, 2.75) is 0 Å². The van der Waals surface area contributed by atoms with Crippen molar-refractivity contribution < 1.29 is 61.3 Å². The van der Waals surface area contributed by atoms with E-state index in [9.17, 15) is 5.11 Å². The van der Waals surface area contributed by atoms with Crippen LogP contribution in [0.3, 0.4) is 0 Å². The Morgan fingerprint density at radius 1 is 1.25 bits per heavy atom. The molecule has 0 heterocycles. The molecule has 1 rings (SSSR count). The van der Waals surface area contributed by atoms with Crippen LogP contribution in [0.25, 0.3) is 0 Å². The van der Waals surface area contributed by atoms with E-state index < -0.39 is 10.2 Å². The van der Waals surface area contributed by atoms with E-state index in [-0.39, 0.29) is 28.3 Å². The quantitative estimate of drug-likeness (QED) is 0.247. The van der Waals surface area contributed by atoms with E-state index in [0.717, 1.165) is 13.1 Å². The van der Waals surface area contributed by atoms with Gasteiger partial charge in [0.05, 0.1) is 13.7 Å². The summed E-state index contributed by atoms with van der Waals surface area (Å²) < 4.78 is 38.9. The van der Waals surface area contributed by atoms with Crippen molar-refractivity contribution in [2.24, 2.45) is 10.7 Å². The number of methoxy groups -OCH3 is 1. The topological polar surface area (TPSA) is 206 Å². The second-order valence-electron chi connectivity index (χ2n) is 3.83. The van der Waals surface area contributed by atoms with E-state index in [4.69, 9.17) is 29.1 Å². The summed E-state index contributed by atoms with van der Waals surface area (Å²) >= 11 is 0. The van der Waals surface area contributed by atoms with Crippen LogP contribution in [-0.4, -0.2) is 45.0 Å². The molecule has 24 heavy (non-hydrogen) atoms. The van der Waals surface area contributed by atoms with Crippen LogP contribution >= 0.6 is 0 Å². The summed E-state index contributed by atoms with van der Waals surface area (Å²) in [6.07, 6.45) is 1.58. The molecule has 0 aliphatic heterocycles. The summed E-state index contributed by atoms with van der Waals surface area (Å²) in [4.78, 5) is 4.17. The number of nitrogens with one attached hydrogen (secondary N) is 1. The minimum absolute atomic E-state index is 0. The zero-order valence-corrected chi connectivity index (χ0v) is 14.5. The Labute approximate surface area is 152 Å². The molecule has 0 atom stereocenters. The van der Waals surface area contributed by atoms with Crippen molar-refractivity contribution in [3.05, 3.63) is 23.8 Å². The van der Waals surface area contributed by atoms with Crippen LogP contribution < -0.4 is 39.5 Å². The Morgan fingerprint density at radius 3 is 2.33 bits per heavy atom. The Balaban J connectivity index is -0.000000554. The number of halogens is 1. The summed E-state index contributed by atoms with van der Waals surface area (Å²) in [5.41, 5.74) is 5.87. The van der Waals surface area contributed by atoms with E-state index >= 15 is 0 Å². The van der Waals surface area contributed by atoms with Crippen molar-refractivity contribution in [1.29, 1.82) is 0 Å². The summed E-state index contributed by atoms with van der Waals surface area (Å²) in [7, 11) is -3.46. The van der Waals surface area contributed by atoms with Crippen LogP contribution in [0, 0.1) is 10.2 Å². The van der Waals surface area contributed by atoms with Gasteiger partial charge in [0.25, 0.3) is 0 Å². The smallest absolute Gasteiger partial charge is 0.870 e. The number of hydrogen-bond acceptors (Lipinski definition) is 9. The van der Waals surface area contributed by atoms with Gasteiger partial charge in [-0.15, -0.1) is 10.2 Å². The standard InChI is InChI=1S/C12H19N3O2.ClHO4.Cu.H2O/c1-17-11-4-2-3-10(12(11)16)9-15-8-7-14-6-5-13;2-1(3,4)5;;/h2-4,9,14,16H,5-8,13H2,1H3;(H,2,3,4,5);;1H2/q;;+2;/p-2. The van der Waals surface area contributed by atoms with Crippen molar-refractivity contribution >= 4 is 6.21 Å². The van der Waals surface area contributed by atoms with Crippen molar-refractivity contribution in [1.82, 2.24) is 5.32 Å². The van der Waals surface area contributed by atoms with Gasteiger partial charge in [0.1, 0.15) is 5.75 Å². The first-order valence-electron chi connectivity index (χ1n) is 6.16. The van der Waals surface area contributed by atoms with Gasteiger partial charge in [-0.3, -0.25) is 4.99 Å². The molecule has 0 fully saturated rings. The fraction of sp³-hybridized carbons (Fsp3) is 0.417. The second-order valence-corrected chi connectivity index (χ2v) is 4.59. The molecule has 1 aromatic rings. The maximum Gasteiger partial charge on any atom is 2.00 e. The van der Waals surface area contributed by atoms with Crippen molar-refractivity contribution in [3.63, 3.8) is 0 Å². The van der Waals surface area contributed by atoms with E-state index in [1.54, 1.807) is 24.4 Å². The van der Waals surface area contributed by atoms with E-state index in [0.29, 0.717) is 24.4 Å². The normalized spacial score (nSPS) is 10.2. The Kier molecular flexibility index (Phi) is 18.0. The molecule has 143 valence electrons. The minimum atomic E-state index is -4.94. The molecule has 5 N–H and O–H groups in total. The molecule has 0 aliphatic rings. The minimum Gasteiger partial charge on any atom is -0.870 e. The molecule has 1 aromatic carbocycles. The summed E-state index contributed by atoms with van der Waals surface area (Å²) in [5, 5.41) is 14.8. The number of aliphatic imine (C=N–C) groups is 1. The monoisotopic (exact) mass is 416 g/mol. The van der Waals surface area contributed by atoms with E-state index in [1.165, 1.54) is 7.11 Å². The van der Waals surface area contributed by atoms with E-state index in [1.807, 2.05) is 0 Å². The van der Waals surface area contributed by atoms with Crippen LogP contribution in [0.4, 0.5) is 0 Å².